The summed E-state index contributed by atoms with van der Waals surface area (Å²) in [6.07, 6.45) is 4.85. The lowest BCUT2D eigenvalue weighted by Crippen LogP contribution is -2.33. The van der Waals surface area contributed by atoms with Crippen molar-refractivity contribution in [3.8, 4) is 0 Å². The van der Waals surface area contributed by atoms with Crippen LogP contribution in [0.25, 0.3) is 33.6 Å². The van der Waals surface area contributed by atoms with Crippen molar-refractivity contribution < 1.29 is 0 Å². The maximum absolute atomic E-state index is 6.20. The first-order valence-corrected chi connectivity index (χ1v) is 10.1. The van der Waals surface area contributed by atoms with Crippen molar-refractivity contribution in [3.63, 3.8) is 0 Å². The summed E-state index contributed by atoms with van der Waals surface area (Å²) in [7, 11) is 0. The predicted octanol–water partition coefficient (Wildman–Crippen LogP) is 6.20. The van der Waals surface area contributed by atoms with Crippen LogP contribution in [0.4, 0.5) is 0 Å². The van der Waals surface area contributed by atoms with Crippen molar-refractivity contribution in [2.45, 2.75) is 45.6 Å². The molecule has 0 saturated carbocycles. The molecule has 0 aromatic heterocycles. The fraction of sp³-hybridized carbons (Fsp3) is 0.280. The summed E-state index contributed by atoms with van der Waals surface area (Å²) >= 11 is 0. The summed E-state index contributed by atoms with van der Waals surface area (Å²) in [6, 6.07) is 8.89. The first-order chi connectivity index (χ1) is 13.4. The van der Waals surface area contributed by atoms with Gasteiger partial charge in [-0.25, -0.2) is 5.84 Å². The molecule has 4 rings (SSSR count). The zero-order chi connectivity index (χ0) is 20.2. The Kier molecular flexibility index (Phi) is 4.43. The maximum Gasteiger partial charge on any atom is 0.0582 e. The highest BCUT2D eigenvalue weighted by Crippen LogP contribution is 2.48. The Morgan fingerprint density at radius 2 is 1.21 bits per heavy atom. The molecule has 2 aliphatic heterocycles. The number of benzene rings is 2. The van der Waals surface area contributed by atoms with E-state index in [-0.39, 0.29) is 0 Å². The van der Waals surface area contributed by atoms with Crippen molar-refractivity contribution in [2.24, 2.45) is 5.84 Å². The second-order valence-electron chi connectivity index (χ2n) is 7.94. The smallest absolute Gasteiger partial charge is 0.0582 e. The van der Waals surface area contributed by atoms with E-state index >= 15 is 0 Å². The Morgan fingerprint density at radius 3 is 1.64 bits per heavy atom. The standard InChI is InChI=1S/C25H29N3/c1-7-8-9-10-15(2)27-16(3)20-11-13-22-18(5)28(26)19(6)23-14-12-21(17(27)4)24(20)25(22)23/h11-15H,3-10,26H2,1-2H3. The number of nitrogens with two attached hydrogens (primary N) is 1. The molecule has 0 bridgehead atoms. The Hall–Kier alpha value is -2.78. The summed E-state index contributed by atoms with van der Waals surface area (Å²) < 4.78 is 0. The molecule has 1 atom stereocenters. The van der Waals surface area contributed by atoms with Crippen LogP contribution in [0.15, 0.2) is 50.6 Å². The summed E-state index contributed by atoms with van der Waals surface area (Å²) in [5.41, 5.74) is 8.02. The number of rotatable bonds is 5. The highest BCUT2D eigenvalue weighted by Gasteiger charge is 2.32. The molecule has 0 saturated heterocycles. The van der Waals surface area contributed by atoms with E-state index in [1.165, 1.54) is 24.6 Å². The topological polar surface area (TPSA) is 32.5 Å². The molecule has 28 heavy (non-hydrogen) atoms. The minimum Gasteiger partial charge on any atom is -0.339 e. The summed E-state index contributed by atoms with van der Waals surface area (Å²) in [6.45, 7) is 21.8. The largest absolute Gasteiger partial charge is 0.339 e. The van der Waals surface area contributed by atoms with E-state index in [4.69, 9.17) is 5.84 Å². The Labute approximate surface area is 168 Å². The van der Waals surface area contributed by atoms with Crippen LogP contribution in [0.2, 0.25) is 0 Å². The van der Waals surface area contributed by atoms with Gasteiger partial charge in [0.1, 0.15) is 0 Å². The lowest BCUT2D eigenvalue weighted by molar-refractivity contribution is 0.389. The van der Waals surface area contributed by atoms with E-state index in [0.29, 0.717) is 6.04 Å². The molecule has 0 fully saturated rings. The van der Waals surface area contributed by atoms with E-state index < -0.39 is 0 Å². The normalized spacial score (nSPS) is 17.0. The average molecular weight is 372 g/mol. The first-order valence-electron chi connectivity index (χ1n) is 10.1. The molecule has 2 N–H and O–H groups in total. The number of hydrogen-bond acceptors (Lipinski definition) is 3. The zero-order valence-corrected chi connectivity index (χ0v) is 17.0. The summed E-state index contributed by atoms with van der Waals surface area (Å²) in [4.78, 5) is 2.32. The first kappa shape index (κ1) is 18.6. The summed E-state index contributed by atoms with van der Waals surface area (Å²) in [5.74, 6) is 6.20. The van der Waals surface area contributed by atoms with Gasteiger partial charge in [-0.15, -0.1) is 0 Å². The number of hydrazine groups is 1. The Balaban J connectivity index is 1.88. The number of hydrogen-bond donors (Lipinski definition) is 1. The zero-order valence-electron chi connectivity index (χ0n) is 17.0. The van der Waals surface area contributed by atoms with E-state index in [1.807, 2.05) is 0 Å². The molecule has 2 aromatic carbocycles. The van der Waals surface area contributed by atoms with Crippen LogP contribution < -0.4 is 5.84 Å². The Bertz CT molecular complexity index is 973. The van der Waals surface area contributed by atoms with Crippen LogP contribution in [0.1, 0.15) is 61.8 Å². The van der Waals surface area contributed by atoms with Gasteiger partial charge >= 0.3 is 0 Å². The SMILES string of the molecule is C=C1c2ccc3c4c(ccc(c24)C(=C)N1N)C(=C)N(C(C)CCCCC)C3=C. The van der Waals surface area contributed by atoms with E-state index in [2.05, 4.69) is 69.3 Å². The second-order valence-corrected chi connectivity index (χ2v) is 7.94. The highest BCUT2D eigenvalue weighted by atomic mass is 15.4. The third-order valence-corrected chi connectivity index (χ3v) is 6.23. The molecule has 3 nitrogen and oxygen atoms in total. The molecule has 2 aliphatic rings. The van der Waals surface area contributed by atoms with E-state index in [1.54, 1.807) is 5.01 Å². The maximum atomic E-state index is 6.20. The number of nitrogens with zero attached hydrogens (tertiary/aromatic N) is 2. The lowest BCUT2D eigenvalue weighted by atomic mass is 9.83. The van der Waals surface area contributed by atoms with Crippen LogP contribution in [-0.4, -0.2) is 16.0 Å². The lowest BCUT2D eigenvalue weighted by Gasteiger charge is -2.41. The van der Waals surface area contributed by atoms with Gasteiger partial charge in [0.25, 0.3) is 0 Å². The van der Waals surface area contributed by atoms with Crippen molar-refractivity contribution >= 4 is 33.6 Å². The molecule has 0 radical (unpaired) electrons. The van der Waals surface area contributed by atoms with E-state index in [0.717, 1.165) is 56.8 Å². The highest BCUT2D eigenvalue weighted by molar-refractivity contribution is 6.14. The summed E-state index contributed by atoms with van der Waals surface area (Å²) in [5, 5.41) is 3.93. The molecule has 2 heterocycles. The van der Waals surface area contributed by atoms with Gasteiger partial charge in [-0.05, 0) is 13.3 Å². The molecule has 0 amide bonds. The van der Waals surface area contributed by atoms with Crippen molar-refractivity contribution in [2.75, 3.05) is 0 Å². The van der Waals surface area contributed by atoms with Crippen molar-refractivity contribution in [1.29, 1.82) is 0 Å². The van der Waals surface area contributed by atoms with Crippen LogP contribution in [0.5, 0.6) is 0 Å². The quantitative estimate of drug-likeness (QED) is 0.502. The van der Waals surface area contributed by atoms with Gasteiger partial charge in [0.05, 0.1) is 11.4 Å². The monoisotopic (exact) mass is 371 g/mol. The van der Waals surface area contributed by atoms with Gasteiger partial charge in [-0.3, -0.25) is 5.01 Å². The molecular formula is C25H29N3. The fourth-order valence-corrected chi connectivity index (χ4v) is 4.65. The van der Waals surface area contributed by atoms with Crippen molar-refractivity contribution in [1.82, 2.24) is 9.91 Å². The van der Waals surface area contributed by atoms with Crippen LogP contribution in [0.3, 0.4) is 0 Å². The molecule has 144 valence electrons. The molecule has 0 spiro atoms. The minimum atomic E-state index is 0.367. The molecule has 3 heteroatoms. The molecule has 0 aliphatic carbocycles. The van der Waals surface area contributed by atoms with Gasteiger partial charge in [0.15, 0.2) is 0 Å². The van der Waals surface area contributed by atoms with E-state index in [9.17, 15) is 0 Å². The number of unbranched alkanes of at least 4 members (excludes halogenated alkanes) is 2. The van der Waals surface area contributed by atoms with Gasteiger partial charge < -0.3 is 4.90 Å². The predicted molar refractivity (Wildman–Crippen MR) is 122 cm³/mol. The van der Waals surface area contributed by atoms with Gasteiger partial charge in [0.2, 0.25) is 0 Å². The molecule has 1 unspecified atom stereocenters. The van der Waals surface area contributed by atoms with Gasteiger partial charge in [-0.2, -0.15) is 0 Å². The average Bonchev–Trinajstić information content (AvgIpc) is 2.69. The van der Waals surface area contributed by atoms with Gasteiger partial charge in [-0.1, -0.05) is 76.8 Å². The van der Waals surface area contributed by atoms with Crippen LogP contribution >= 0.6 is 0 Å². The van der Waals surface area contributed by atoms with Crippen LogP contribution in [-0.2, 0) is 0 Å². The fourth-order valence-electron chi connectivity index (χ4n) is 4.65. The third kappa shape index (κ3) is 2.46. The third-order valence-electron chi connectivity index (χ3n) is 6.23. The van der Waals surface area contributed by atoms with Gasteiger partial charge in [0, 0.05) is 50.5 Å². The Morgan fingerprint density at radius 1 is 0.786 bits per heavy atom. The minimum absolute atomic E-state index is 0.367. The second kappa shape index (κ2) is 6.68. The molecule has 2 aromatic rings. The van der Waals surface area contributed by atoms with Crippen molar-refractivity contribution in [3.05, 3.63) is 72.8 Å². The molecular weight excluding hydrogens is 342 g/mol. The van der Waals surface area contributed by atoms with Crippen LogP contribution in [0, 0.1) is 0 Å².